The van der Waals surface area contributed by atoms with E-state index in [2.05, 4.69) is 10.3 Å². The minimum absolute atomic E-state index is 0.00710. The van der Waals surface area contributed by atoms with E-state index in [9.17, 15) is 9.59 Å². The first kappa shape index (κ1) is 20.6. The summed E-state index contributed by atoms with van der Waals surface area (Å²) in [5, 5.41) is 5.94. The molecule has 1 heterocycles. The molecule has 7 heteroatoms. The molecule has 0 saturated heterocycles. The zero-order chi connectivity index (χ0) is 20.8. The number of hydrogen-bond acceptors (Lipinski definition) is 5. The van der Waals surface area contributed by atoms with Gasteiger partial charge in [-0.3, -0.25) is 0 Å². The number of ether oxygens (including phenoxy) is 1. The highest BCUT2D eigenvalue weighted by Crippen LogP contribution is 2.55. The number of hydrogen-bond donors (Lipinski definition) is 1. The molecule has 6 nitrogen and oxygen atoms in total. The van der Waals surface area contributed by atoms with Crippen LogP contribution >= 0.6 is 11.3 Å². The van der Waals surface area contributed by atoms with Gasteiger partial charge in [0.15, 0.2) is 5.69 Å². The average Bonchev–Trinajstić information content (AvgIpc) is 3.06. The monoisotopic (exact) mass is 419 g/mol. The highest BCUT2D eigenvalue weighted by atomic mass is 32.1. The van der Waals surface area contributed by atoms with E-state index in [1.807, 2.05) is 25.7 Å². The van der Waals surface area contributed by atoms with E-state index < -0.39 is 5.97 Å². The predicted octanol–water partition coefficient (Wildman–Crippen LogP) is 4.60. The number of carbonyl (C=O) groups is 2. The number of carbonyl (C=O) groups excluding carboxylic acids is 2. The molecule has 4 aliphatic rings. The van der Waals surface area contributed by atoms with Gasteiger partial charge in [0, 0.05) is 16.5 Å². The van der Waals surface area contributed by atoms with E-state index in [4.69, 9.17) is 4.74 Å². The number of esters is 1. The van der Waals surface area contributed by atoms with Crippen molar-refractivity contribution in [3.05, 3.63) is 16.1 Å². The summed E-state index contributed by atoms with van der Waals surface area (Å²) >= 11 is 1.40. The summed E-state index contributed by atoms with van der Waals surface area (Å²) in [6.45, 7) is 8.64. The Balaban J connectivity index is 1.47. The Morgan fingerprint density at radius 2 is 1.79 bits per heavy atom. The van der Waals surface area contributed by atoms with Crippen LogP contribution in [0.2, 0.25) is 0 Å². The van der Waals surface area contributed by atoms with Gasteiger partial charge in [-0.15, -0.1) is 11.3 Å². The van der Waals surface area contributed by atoms with Crippen LogP contribution in [0, 0.1) is 17.8 Å². The first-order chi connectivity index (χ1) is 13.7. The largest absolute Gasteiger partial charge is 0.461 e. The standard InChI is InChI=1S/C22H33N3O3S/c1-5-28-19(26)17-13-29-18(23-17)12-25(21(2,3)4)20(27)24-22-9-14-6-15(10-22)8-16(7-14)11-22/h13-16H,5-12H2,1-4H3,(H,24,27). The third kappa shape index (κ3) is 4.30. The number of urea groups is 1. The third-order valence-corrected chi connectivity index (χ3v) is 7.63. The maximum Gasteiger partial charge on any atom is 0.357 e. The zero-order valence-corrected chi connectivity index (χ0v) is 18.8. The molecule has 29 heavy (non-hydrogen) atoms. The maximum absolute atomic E-state index is 13.4. The van der Waals surface area contributed by atoms with Crippen molar-refractivity contribution in [3.8, 4) is 0 Å². The van der Waals surface area contributed by atoms with Gasteiger partial charge in [0.2, 0.25) is 0 Å². The average molecular weight is 420 g/mol. The van der Waals surface area contributed by atoms with Crippen LogP contribution in [-0.2, 0) is 11.3 Å². The highest BCUT2D eigenvalue weighted by molar-refractivity contribution is 7.09. The van der Waals surface area contributed by atoms with Gasteiger partial charge in [-0.1, -0.05) is 0 Å². The van der Waals surface area contributed by atoms with Gasteiger partial charge in [0.05, 0.1) is 13.2 Å². The van der Waals surface area contributed by atoms with Crippen molar-refractivity contribution in [2.45, 2.75) is 83.8 Å². The number of nitrogens with one attached hydrogen (secondary N) is 1. The number of nitrogens with zero attached hydrogens (tertiary/aromatic N) is 2. The Labute approximate surface area is 177 Å². The number of thiazole rings is 1. The van der Waals surface area contributed by atoms with E-state index in [0.29, 0.717) is 18.8 Å². The van der Waals surface area contributed by atoms with Crippen molar-refractivity contribution in [2.24, 2.45) is 17.8 Å². The first-order valence-electron chi connectivity index (χ1n) is 10.9. The van der Waals surface area contributed by atoms with Crippen molar-refractivity contribution in [2.75, 3.05) is 6.61 Å². The Kier molecular flexibility index (Phi) is 5.38. The van der Waals surface area contributed by atoms with Gasteiger partial charge < -0.3 is 15.0 Å². The molecule has 2 amide bonds. The normalized spacial score (nSPS) is 30.3. The summed E-state index contributed by atoms with van der Waals surface area (Å²) < 4.78 is 5.03. The third-order valence-electron chi connectivity index (χ3n) is 6.79. The Morgan fingerprint density at radius 1 is 1.21 bits per heavy atom. The zero-order valence-electron chi connectivity index (χ0n) is 18.0. The Morgan fingerprint density at radius 3 is 2.31 bits per heavy atom. The van der Waals surface area contributed by atoms with E-state index in [0.717, 1.165) is 42.0 Å². The SMILES string of the molecule is CCOC(=O)c1csc(CN(C(=O)NC23CC4CC(CC(C4)C2)C3)C(C)(C)C)n1. The molecule has 160 valence electrons. The lowest BCUT2D eigenvalue weighted by atomic mass is 9.53. The first-order valence-corrected chi connectivity index (χ1v) is 11.8. The Bertz CT molecular complexity index is 747. The van der Waals surface area contributed by atoms with Gasteiger partial charge in [-0.25, -0.2) is 14.6 Å². The van der Waals surface area contributed by atoms with E-state index >= 15 is 0 Å². The van der Waals surface area contributed by atoms with Gasteiger partial charge in [0.1, 0.15) is 5.01 Å². The minimum Gasteiger partial charge on any atom is -0.461 e. The molecule has 0 atom stereocenters. The van der Waals surface area contributed by atoms with Crippen LogP contribution in [-0.4, -0.2) is 39.6 Å². The van der Waals surface area contributed by atoms with Gasteiger partial charge in [-0.05, 0) is 84.0 Å². The molecule has 4 fully saturated rings. The van der Waals surface area contributed by atoms with E-state index in [1.54, 1.807) is 12.3 Å². The molecular weight excluding hydrogens is 386 g/mol. The van der Waals surface area contributed by atoms with Crippen LogP contribution in [0.5, 0.6) is 0 Å². The van der Waals surface area contributed by atoms with E-state index in [1.165, 1.54) is 30.6 Å². The van der Waals surface area contributed by atoms with Gasteiger partial charge in [0.25, 0.3) is 0 Å². The highest BCUT2D eigenvalue weighted by Gasteiger charge is 2.52. The predicted molar refractivity (Wildman–Crippen MR) is 113 cm³/mol. The van der Waals surface area contributed by atoms with Crippen molar-refractivity contribution in [1.29, 1.82) is 0 Å². The summed E-state index contributed by atoms with van der Waals surface area (Å²) in [6.07, 6.45) is 7.46. The quantitative estimate of drug-likeness (QED) is 0.708. The summed E-state index contributed by atoms with van der Waals surface area (Å²) in [6, 6.07) is -0.00710. The Hall–Kier alpha value is -1.63. The smallest absolute Gasteiger partial charge is 0.357 e. The molecule has 1 aromatic rings. The second-order valence-corrected chi connectivity index (χ2v) is 11.2. The van der Waals surface area contributed by atoms with Crippen molar-refractivity contribution in [3.63, 3.8) is 0 Å². The summed E-state index contributed by atoms with van der Waals surface area (Å²) in [7, 11) is 0. The maximum atomic E-state index is 13.4. The van der Waals surface area contributed by atoms with Crippen LogP contribution in [0.3, 0.4) is 0 Å². The molecule has 0 aromatic carbocycles. The molecule has 1 aromatic heterocycles. The van der Waals surface area contributed by atoms with Crippen LogP contribution in [0.4, 0.5) is 4.79 Å². The number of rotatable bonds is 5. The fourth-order valence-electron chi connectivity index (χ4n) is 5.99. The van der Waals surface area contributed by atoms with Crippen LogP contribution in [0.25, 0.3) is 0 Å². The molecule has 4 saturated carbocycles. The van der Waals surface area contributed by atoms with Gasteiger partial charge >= 0.3 is 12.0 Å². The summed E-state index contributed by atoms with van der Waals surface area (Å²) in [5.74, 6) is 1.96. The van der Waals surface area contributed by atoms with Crippen LogP contribution in [0.1, 0.15) is 81.7 Å². The second kappa shape index (κ2) is 7.56. The molecule has 1 N–H and O–H groups in total. The van der Waals surface area contributed by atoms with Crippen molar-refractivity contribution < 1.29 is 14.3 Å². The summed E-state index contributed by atoms with van der Waals surface area (Å²) in [4.78, 5) is 31.6. The van der Waals surface area contributed by atoms with Crippen LogP contribution in [0.15, 0.2) is 5.38 Å². The lowest BCUT2D eigenvalue weighted by molar-refractivity contribution is -0.0176. The number of amides is 2. The fraction of sp³-hybridized carbons (Fsp3) is 0.773. The molecule has 4 bridgehead atoms. The molecule has 5 rings (SSSR count). The minimum atomic E-state index is -0.407. The lowest BCUT2D eigenvalue weighted by Gasteiger charge is -2.57. The number of aromatic nitrogens is 1. The lowest BCUT2D eigenvalue weighted by Crippen LogP contribution is -2.63. The van der Waals surface area contributed by atoms with Gasteiger partial charge in [-0.2, -0.15) is 0 Å². The van der Waals surface area contributed by atoms with Crippen LogP contribution < -0.4 is 5.32 Å². The topological polar surface area (TPSA) is 71.5 Å². The van der Waals surface area contributed by atoms with E-state index in [-0.39, 0.29) is 17.1 Å². The molecule has 4 aliphatic carbocycles. The second-order valence-electron chi connectivity index (χ2n) is 10.2. The molecule has 0 spiro atoms. The molecular formula is C22H33N3O3S. The molecule has 0 unspecified atom stereocenters. The summed E-state index contributed by atoms with van der Waals surface area (Å²) in [5.41, 5.74) is -0.0432. The fourth-order valence-corrected chi connectivity index (χ4v) is 6.74. The van der Waals surface area contributed by atoms with Crippen molar-refractivity contribution >= 4 is 23.3 Å². The molecule has 0 radical (unpaired) electrons. The molecule has 0 aliphatic heterocycles. The van der Waals surface area contributed by atoms with Crippen molar-refractivity contribution in [1.82, 2.24) is 15.2 Å².